The first-order valence-corrected chi connectivity index (χ1v) is 13.1. The highest BCUT2D eigenvalue weighted by Gasteiger charge is 2.48. The highest BCUT2D eigenvalue weighted by atomic mass is 19.3. The number of anilines is 1. The van der Waals surface area contributed by atoms with E-state index in [9.17, 15) is 18.4 Å². The SMILES string of the molecule is Cc1n[nH]c(C)c1-c1ccc(NC(=O)C(NC(=O)c2ccnn2C(C)C)C(C2CC2)C2CC2)nc1C(F)F. The van der Waals surface area contributed by atoms with Crippen LogP contribution in [0.25, 0.3) is 11.1 Å². The Bertz CT molecular complexity index is 1310. The van der Waals surface area contributed by atoms with Gasteiger partial charge in [0.25, 0.3) is 12.3 Å². The largest absolute Gasteiger partial charge is 0.339 e. The number of nitrogens with zero attached hydrogens (tertiary/aromatic N) is 4. The highest BCUT2D eigenvalue weighted by Crippen LogP contribution is 2.51. The predicted octanol–water partition coefficient (Wildman–Crippen LogP) is 4.98. The Hall–Kier alpha value is -3.63. The van der Waals surface area contributed by atoms with E-state index >= 15 is 0 Å². The quantitative estimate of drug-likeness (QED) is 0.345. The zero-order valence-electron chi connectivity index (χ0n) is 22.0. The van der Waals surface area contributed by atoms with E-state index in [2.05, 4.69) is 30.9 Å². The van der Waals surface area contributed by atoms with Crippen LogP contribution in [0.2, 0.25) is 0 Å². The molecule has 0 spiro atoms. The van der Waals surface area contributed by atoms with Crippen LogP contribution in [0.5, 0.6) is 0 Å². The van der Waals surface area contributed by atoms with Gasteiger partial charge in [0.1, 0.15) is 23.2 Å². The van der Waals surface area contributed by atoms with Crippen LogP contribution in [0.3, 0.4) is 0 Å². The molecule has 3 aromatic heterocycles. The molecule has 2 amide bonds. The second-order valence-corrected chi connectivity index (χ2v) is 10.7. The van der Waals surface area contributed by atoms with Gasteiger partial charge in [-0.3, -0.25) is 19.4 Å². The Morgan fingerprint density at radius 1 is 1.08 bits per heavy atom. The Morgan fingerprint density at radius 3 is 2.32 bits per heavy atom. The molecule has 2 fully saturated rings. The third-order valence-electron chi connectivity index (χ3n) is 7.46. The first-order valence-electron chi connectivity index (χ1n) is 13.1. The van der Waals surface area contributed by atoms with E-state index in [-0.39, 0.29) is 29.2 Å². The molecule has 1 unspecified atom stereocenters. The molecule has 3 N–H and O–H groups in total. The van der Waals surface area contributed by atoms with Gasteiger partial charge in [0.2, 0.25) is 5.91 Å². The van der Waals surface area contributed by atoms with E-state index in [4.69, 9.17) is 0 Å². The van der Waals surface area contributed by atoms with Crippen LogP contribution in [0, 0.1) is 31.6 Å². The average molecular weight is 526 g/mol. The van der Waals surface area contributed by atoms with Gasteiger partial charge in [-0.05, 0) is 89.3 Å². The van der Waals surface area contributed by atoms with Crippen LogP contribution in [-0.4, -0.2) is 42.8 Å². The van der Waals surface area contributed by atoms with Crippen molar-refractivity contribution in [2.24, 2.45) is 17.8 Å². The van der Waals surface area contributed by atoms with Crippen LogP contribution in [0.4, 0.5) is 14.6 Å². The lowest BCUT2D eigenvalue weighted by Gasteiger charge is -2.27. The van der Waals surface area contributed by atoms with Crippen molar-refractivity contribution in [1.29, 1.82) is 0 Å². The Balaban J connectivity index is 1.43. The number of hydrogen-bond donors (Lipinski definition) is 3. The topological polar surface area (TPSA) is 118 Å². The third-order valence-corrected chi connectivity index (χ3v) is 7.46. The second kappa shape index (κ2) is 10.3. The number of aromatic amines is 1. The Labute approximate surface area is 219 Å². The number of nitrogens with one attached hydrogen (secondary N) is 3. The standard InChI is InChI=1S/C27H33F2N7O2/c1-13(2)36-19(11-12-30-36)26(37)33-24(22(16-5-6-16)17-7-8-17)27(38)32-20-10-9-18(23(31-20)25(28)29)21-14(3)34-35-15(21)4/h9-13,16-17,22,24-25H,5-8H2,1-4H3,(H,33,37)(H,34,35)(H,31,32,38). The molecular weight excluding hydrogens is 492 g/mol. The number of alkyl halides is 2. The van der Waals surface area contributed by atoms with E-state index in [1.165, 1.54) is 12.1 Å². The average Bonchev–Trinajstić information content (AvgIpc) is 3.80. The van der Waals surface area contributed by atoms with Crippen molar-refractivity contribution in [2.75, 3.05) is 5.32 Å². The van der Waals surface area contributed by atoms with Gasteiger partial charge >= 0.3 is 0 Å². The number of halogens is 2. The number of pyridine rings is 1. The molecule has 5 rings (SSSR count). The van der Waals surface area contributed by atoms with Crippen molar-refractivity contribution in [2.45, 2.75) is 71.9 Å². The van der Waals surface area contributed by atoms with E-state index in [1.54, 1.807) is 30.8 Å². The number of carbonyl (C=O) groups excluding carboxylic acids is 2. The summed E-state index contributed by atoms with van der Waals surface area (Å²) in [6.07, 6.45) is 2.75. The molecule has 0 bridgehead atoms. The summed E-state index contributed by atoms with van der Waals surface area (Å²) < 4.78 is 29.8. The number of aromatic nitrogens is 5. The predicted molar refractivity (Wildman–Crippen MR) is 138 cm³/mol. The van der Waals surface area contributed by atoms with Crippen molar-refractivity contribution in [3.63, 3.8) is 0 Å². The number of rotatable bonds is 10. The minimum Gasteiger partial charge on any atom is -0.339 e. The summed E-state index contributed by atoms with van der Waals surface area (Å²) in [4.78, 5) is 31.1. The van der Waals surface area contributed by atoms with Crippen molar-refractivity contribution in [1.82, 2.24) is 30.3 Å². The van der Waals surface area contributed by atoms with Crippen LogP contribution in [-0.2, 0) is 4.79 Å². The smallest absolute Gasteiger partial charge is 0.281 e. The van der Waals surface area contributed by atoms with Crippen molar-refractivity contribution < 1.29 is 18.4 Å². The fourth-order valence-corrected chi connectivity index (χ4v) is 5.42. The highest BCUT2D eigenvalue weighted by molar-refractivity contribution is 6.00. The van der Waals surface area contributed by atoms with Gasteiger partial charge in [-0.2, -0.15) is 10.2 Å². The monoisotopic (exact) mass is 525 g/mol. The van der Waals surface area contributed by atoms with Gasteiger partial charge in [0.15, 0.2) is 0 Å². The summed E-state index contributed by atoms with van der Waals surface area (Å²) in [7, 11) is 0. The minimum atomic E-state index is -2.85. The van der Waals surface area contributed by atoms with Crippen LogP contribution in [0.1, 0.15) is 79.6 Å². The van der Waals surface area contributed by atoms with Gasteiger partial charge in [-0.1, -0.05) is 0 Å². The number of hydrogen-bond acceptors (Lipinski definition) is 5. The Kier molecular flexibility index (Phi) is 7.02. The summed E-state index contributed by atoms with van der Waals surface area (Å²) in [6.45, 7) is 7.34. The molecule has 11 heteroatoms. The lowest BCUT2D eigenvalue weighted by atomic mass is 9.88. The van der Waals surface area contributed by atoms with Crippen LogP contribution >= 0.6 is 0 Å². The molecule has 9 nitrogen and oxygen atoms in total. The summed E-state index contributed by atoms with van der Waals surface area (Å²) in [5.41, 5.74) is 2.02. The summed E-state index contributed by atoms with van der Waals surface area (Å²) in [6, 6.07) is 3.83. The van der Waals surface area contributed by atoms with Gasteiger partial charge in [-0.25, -0.2) is 13.8 Å². The maximum Gasteiger partial charge on any atom is 0.281 e. The zero-order chi connectivity index (χ0) is 27.1. The number of carbonyl (C=O) groups is 2. The molecule has 0 aromatic carbocycles. The van der Waals surface area contributed by atoms with E-state index in [1.807, 2.05) is 13.8 Å². The lowest BCUT2D eigenvalue weighted by Crippen LogP contribution is -2.50. The molecule has 0 aliphatic heterocycles. The minimum absolute atomic E-state index is 0.0144. The van der Waals surface area contributed by atoms with Gasteiger partial charge < -0.3 is 10.6 Å². The van der Waals surface area contributed by atoms with E-state index in [0.29, 0.717) is 34.5 Å². The summed E-state index contributed by atoms with van der Waals surface area (Å²) >= 11 is 0. The molecule has 0 saturated heterocycles. The number of H-pyrrole nitrogens is 1. The van der Waals surface area contributed by atoms with E-state index in [0.717, 1.165) is 25.7 Å². The van der Waals surface area contributed by atoms with Crippen LogP contribution < -0.4 is 10.6 Å². The summed E-state index contributed by atoms with van der Waals surface area (Å²) in [5.74, 6) is -0.122. The normalized spacial score (nSPS) is 16.3. The molecule has 202 valence electrons. The maximum absolute atomic E-state index is 14.1. The number of aryl methyl sites for hydroxylation is 2. The van der Waals surface area contributed by atoms with Crippen molar-refractivity contribution in [3.8, 4) is 11.1 Å². The molecule has 2 aliphatic carbocycles. The van der Waals surface area contributed by atoms with Crippen LogP contribution in [0.15, 0.2) is 24.4 Å². The molecule has 3 aromatic rings. The molecular formula is C27H33F2N7O2. The second-order valence-electron chi connectivity index (χ2n) is 10.7. The molecule has 0 radical (unpaired) electrons. The summed E-state index contributed by atoms with van der Waals surface area (Å²) in [5, 5.41) is 16.8. The molecule has 1 atom stereocenters. The Morgan fingerprint density at radius 2 is 1.76 bits per heavy atom. The van der Waals surface area contributed by atoms with Crippen molar-refractivity contribution >= 4 is 17.6 Å². The van der Waals surface area contributed by atoms with Gasteiger partial charge in [-0.15, -0.1) is 0 Å². The lowest BCUT2D eigenvalue weighted by molar-refractivity contribution is -0.119. The number of amides is 2. The van der Waals surface area contributed by atoms with Gasteiger partial charge in [0.05, 0.1) is 5.69 Å². The van der Waals surface area contributed by atoms with Crippen molar-refractivity contribution in [3.05, 3.63) is 47.2 Å². The fourth-order valence-electron chi connectivity index (χ4n) is 5.42. The molecule has 3 heterocycles. The molecule has 2 saturated carbocycles. The maximum atomic E-state index is 14.1. The first kappa shape index (κ1) is 26.0. The molecule has 2 aliphatic rings. The molecule has 38 heavy (non-hydrogen) atoms. The fraction of sp³-hybridized carbons (Fsp3) is 0.519. The van der Waals surface area contributed by atoms with Gasteiger partial charge in [0, 0.05) is 29.1 Å². The zero-order valence-corrected chi connectivity index (χ0v) is 22.0. The first-order chi connectivity index (χ1) is 18.2. The van der Waals surface area contributed by atoms with E-state index < -0.39 is 24.1 Å². The third kappa shape index (κ3) is 5.19.